The van der Waals surface area contributed by atoms with E-state index in [2.05, 4.69) is 32.6 Å². The van der Waals surface area contributed by atoms with Gasteiger partial charge in [0.2, 0.25) is 0 Å². The fourth-order valence-electron chi connectivity index (χ4n) is 6.67. The Balaban J connectivity index is 1.68. The van der Waals surface area contributed by atoms with Crippen LogP contribution in [0.2, 0.25) is 0 Å². The average molecular weight is 401 g/mol. The van der Waals surface area contributed by atoms with Gasteiger partial charge in [-0.05, 0) is 100 Å². The molecule has 3 aliphatic rings. The summed E-state index contributed by atoms with van der Waals surface area (Å²) in [5.41, 5.74) is 4.02. The van der Waals surface area contributed by atoms with Gasteiger partial charge in [-0.1, -0.05) is 56.6 Å². The number of allylic oxidation sites excluding steroid dienone is 4. The Morgan fingerprint density at radius 2 is 1.97 bits per heavy atom. The smallest absolute Gasteiger partial charge is 0.0591 e. The molecule has 2 N–H and O–H groups in total. The minimum Gasteiger partial charge on any atom is -0.393 e. The first-order valence-corrected chi connectivity index (χ1v) is 12.1. The third-order valence-corrected chi connectivity index (χ3v) is 8.36. The van der Waals surface area contributed by atoms with Gasteiger partial charge < -0.3 is 10.2 Å². The molecule has 0 radical (unpaired) electrons. The first-order chi connectivity index (χ1) is 13.6. The Hall–Kier alpha value is -0.860. The van der Waals surface area contributed by atoms with Crippen molar-refractivity contribution in [1.29, 1.82) is 0 Å². The molecule has 0 aromatic rings. The molecule has 5 atom stereocenters. The van der Waals surface area contributed by atoms with Crippen molar-refractivity contribution in [3.05, 3.63) is 35.5 Å². The summed E-state index contributed by atoms with van der Waals surface area (Å²) in [5.74, 6) is 2.26. The second-order valence-electron chi connectivity index (χ2n) is 11.2. The summed E-state index contributed by atoms with van der Waals surface area (Å²) in [6.45, 7) is 13.1. The predicted molar refractivity (Wildman–Crippen MR) is 123 cm³/mol. The molecular weight excluding hydrogens is 356 g/mol. The molecule has 3 fully saturated rings. The number of fused-ring (bicyclic) bond motifs is 1. The molecule has 3 aliphatic carbocycles. The van der Waals surface area contributed by atoms with Crippen LogP contribution in [0.25, 0.3) is 0 Å². The monoisotopic (exact) mass is 400 g/mol. The predicted octanol–water partition coefficient (Wildman–Crippen LogP) is 6.73. The number of aliphatic hydroxyl groups is 2. The number of aliphatic hydroxyl groups excluding tert-OH is 1. The molecule has 0 amide bonds. The second kappa shape index (κ2) is 9.10. The van der Waals surface area contributed by atoms with Gasteiger partial charge in [0.1, 0.15) is 0 Å². The van der Waals surface area contributed by atoms with Gasteiger partial charge in [-0.25, -0.2) is 0 Å². The molecule has 0 spiro atoms. The molecule has 0 saturated heterocycles. The van der Waals surface area contributed by atoms with E-state index >= 15 is 0 Å². The summed E-state index contributed by atoms with van der Waals surface area (Å²) < 4.78 is 0. The van der Waals surface area contributed by atoms with E-state index < -0.39 is 5.60 Å². The third-order valence-electron chi connectivity index (χ3n) is 8.36. The molecule has 2 nitrogen and oxygen atoms in total. The van der Waals surface area contributed by atoms with Gasteiger partial charge in [0.25, 0.3) is 0 Å². The zero-order chi connectivity index (χ0) is 21.2. The summed E-state index contributed by atoms with van der Waals surface area (Å²) in [5, 5.41) is 20.1. The largest absolute Gasteiger partial charge is 0.393 e. The van der Waals surface area contributed by atoms with Crippen molar-refractivity contribution in [2.45, 2.75) is 110 Å². The van der Waals surface area contributed by atoms with Gasteiger partial charge in [-0.2, -0.15) is 0 Å². The van der Waals surface area contributed by atoms with Gasteiger partial charge >= 0.3 is 0 Å². The van der Waals surface area contributed by atoms with Crippen molar-refractivity contribution in [1.82, 2.24) is 0 Å². The van der Waals surface area contributed by atoms with Gasteiger partial charge in [0.05, 0.1) is 11.7 Å². The van der Waals surface area contributed by atoms with E-state index in [1.165, 1.54) is 49.7 Å². The van der Waals surface area contributed by atoms with E-state index in [9.17, 15) is 10.2 Å². The lowest BCUT2D eigenvalue weighted by Gasteiger charge is -2.44. The maximum Gasteiger partial charge on any atom is 0.0591 e. The highest BCUT2D eigenvalue weighted by Crippen LogP contribution is 2.60. The van der Waals surface area contributed by atoms with Crippen molar-refractivity contribution in [2.24, 2.45) is 23.2 Å². The first kappa shape index (κ1) is 22.8. The van der Waals surface area contributed by atoms with Gasteiger partial charge in [-0.15, -0.1) is 0 Å². The summed E-state index contributed by atoms with van der Waals surface area (Å²) in [7, 11) is 0. The topological polar surface area (TPSA) is 40.5 Å². The first-order valence-electron chi connectivity index (χ1n) is 12.1. The van der Waals surface area contributed by atoms with Crippen molar-refractivity contribution in [2.75, 3.05) is 0 Å². The highest BCUT2D eigenvalue weighted by atomic mass is 16.3. The molecule has 0 aromatic carbocycles. The molecule has 0 aliphatic heterocycles. The minimum atomic E-state index is -0.535. The Kier molecular flexibility index (Phi) is 7.16. The molecule has 3 rings (SSSR count). The molecule has 164 valence electrons. The van der Waals surface area contributed by atoms with Crippen LogP contribution in [0.15, 0.2) is 35.5 Å². The van der Waals surface area contributed by atoms with Crippen LogP contribution < -0.4 is 0 Å². The second-order valence-corrected chi connectivity index (χ2v) is 11.2. The van der Waals surface area contributed by atoms with Gasteiger partial charge in [-0.3, -0.25) is 0 Å². The SMILES string of the molecule is C=C1CCC(O)CC1=CC=C1CCC[C@]2(C)C(C(C)CCCC(C)(C)O)CC[C@H]12. The van der Waals surface area contributed by atoms with Crippen LogP contribution in [0, 0.1) is 23.2 Å². The normalized spacial score (nSPS) is 37.2. The van der Waals surface area contributed by atoms with Crippen LogP contribution in [0.3, 0.4) is 0 Å². The molecular formula is C27H44O2. The summed E-state index contributed by atoms with van der Waals surface area (Å²) >= 11 is 0. The fourth-order valence-corrected chi connectivity index (χ4v) is 6.67. The average Bonchev–Trinajstić information content (AvgIpc) is 2.99. The van der Waals surface area contributed by atoms with Crippen molar-refractivity contribution in [3.8, 4) is 0 Å². The number of rotatable bonds is 6. The molecule has 0 bridgehead atoms. The lowest BCUT2D eigenvalue weighted by atomic mass is 9.60. The highest BCUT2D eigenvalue weighted by molar-refractivity contribution is 5.36. The van der Waals surface area contributed by atoms with E-state index in [1.807, 2.05) is 13.8 Å². The summed E-state index contributed by atoms with van der Waals surface area (Å²) in [6, 6.07) is 0. The zero-order valence-electron chi connectivity index (χ0n) is 19.3. The maximum atomic E-state index is 10.0. The van der Waals surface area contributed by atoms with Crippen LogP contribution in [-0.4, -0.2) is 21.9 Å². The van der Waals surface area contributed by atoms with Gasteiger partial charge in [0.15, 0.2) is 0 Å². The Labute approximate surface area is 179 Å². The molecule has 3 saturated carbocycles. The minimum absolute atomic E-state index is 0.192. The van der Waals surface area contributed by atoms with Crippen LogP contribution in [0.4, 0.5) is 0 Å². The number of hydrogen-bond acceptors (Lipinski definition) is 2. The van der Waals surface area contributed by atoms with Crippen molar-refractivity contribution >= 4 is 0 Å². The van der Waals surface area contributed by atoms with E-state index in [0.717, 1.165) is 49.9 Å². The van der Waals surface area contributed by atoms with E-state index in [4.69, 9.17) is 0 Å². The van der Waals surface area contributed by atoms with Crippen LogP contribution in [0.1, 0.15) is 98.3 Å². The summed E-state index contributed by atoms with van der Waals surface area (Å²) in [4.78, 5) is 0. The van der Waals surface area contributed by atoms with Crippen LogP contribution in [0.5, 0.6) is 0 Å². The summed E-state index contributed by atoms with van der Waals surface area (Å²) in [6.07, 6.45) is 16.9. The third kappa shape index (κ3) is 5.44. The van der Waals surface area contributed by atoms with E-state index in [0.29, 0.717) is 5.41 Å². The van der Waals surface area contributed by atoms with Crippen LogP contribution >= 0.6 is 0 Å². The Bertz CT molecular complexity index is 650. The Morgan fingerprint density at radius 1 is 1.21 bits per heavy atom. The van der Waals surface area contributed by atoms with E-state index in [-0.39, 0.29) is 6.10 Å². The molecule has 2 heteroatoms. The molecule has 0 aromatic heterocycles. The quantitative estimate of drug-likeness (QED) is 0.518. The zero-order valence-corrected chi connectivity index (χ0v) is 19.3. The lowest BCUT2D eigenvalue weighted by molar-refractivity contribution is 0.0596. The van der Waals surface area contributed by atoms with Gasteiger partial charge in [0, 0.05) is 0 Å². The van der Waals surface area contributed by atoms with Crippen LogP contribution in [-0.2, 0) is 0 Å². The molecule has 3 unspecified atom stereocenters. The highest BCUT2D eigenvalue weighted by Gasteiger charge is 2.50. The van der Waals surface area contributed by atoms with Crippen molar-refractivity contribution < 1.29 is 10.2 Å². The van der Waals surface area contributed by atoms with E-state index in [1.54, 1.807) is 5.57 Å². The molecule has 29 heavy (non-hydrogen) atoms. The standard InChI is InChI=1S/C27H44O2/c1-19-10-13-23(28)18-22(19)12-11-21-9-7-17-27(5)24(14-15-25(21)27)20(2)8-6-16-26(3,4)29/h11-12,20,23-25,28-29H,1,6-10,13-18H2,2-5H3/t20?,23?,24?,25-,27-/m1/s1. The fraction of sp³-hybridized carbons (Fsp3) is 0.778. The van der Waals surface area contributed by atoms with Crippen molar-refractivity contribution in [3.63, 3.8) is 0 Å². The molecule has 0 heterocycles. The maximum absolute atomic E-state index is 10.0. The Morgan fingerprint density at radius 3 is 2.69 bits per heavy atom. The number of hydrogen-bond donors (Lipinski definition) is 2. The lowest BCUT2D eigenvalue weighted by Crippen LogP contribution is -2.36.